The lowest BCUT2D eigenvalue weighted by Crippen LogP contribution is -2.25. The van der Waals surface area contributed by atoms with E-state index in [1.807, 2.05) is 31.2 Å². The van der Waals surface area contributed by atoms with Crippen molar-refractivity contribution in [3.05, 3.63) is 29.8 Å². The van der Waals surface area contributed by atoms with Crippen LogP contribution in [0.25, 0.3) is 0 Å². The molecule has 1 unspecified atom stereocenters. The summed E-state index contributed by atoms with van der Waals surface area (Å²) >= 11 is 0. The van der Waals surface area contributed by atoms with Crippen LogP contribution in [0, 0.1) is 0 Å². The Hall–Kier alpha value is -1.06. The van der Waals surface area contributed by atoms with Gasteiger partial charge < -0.3 is 16.2 Å². The van der Waals surface area contributed by atoms with Crippen LogP contribution in [-0.4, -0.2) is 17.7 Å². The molecule has 1 rings (SSSR count). The fourth-order valence-corrected chi connectivity index (χ4v) is 1.01. The van der Waals surface area contributed by atoms with E-state index < -0.39 is 0 Å². The maximum absolute atomic E-state index is 8.81. The molecule has 1 aromatic carbocycles. The summed E-state index contributed by atoms with van der Waals surface area (Å²) in [4.78, 5) is 0. The standard InChI is InChI=1S/C10H16N2O/c1-8(11)6-12-10-4-2-9(7-13)3-5-10/h2-5,8,12-13H,6-7,11H2,1H3. The molecule has 0 heterocycles. The molecule has 0 saturated heterocycles. The van der Waals surface area contributed by atoms with Crippen LogP contribution in [0.15, 0.2) is 24.3 Å². The molecule has 72 valence electrons. The number of hydrogen-bond acceptors (Lipinski definition) is 3. The van der Waals surface area contributed by atoms with Crippen LogP contribution in [0.3, 0.4) is 0 Å². The minimum absolute atomic E-state index is 0.0908. The largest absolute Gasteiger partial charge is 0.392 e. The van der Waals surface area contributed by atoms with Crippen molar-refractivity contribution in [3.8, 4) is 0 Å². The average Bonchev–Trinajstić information content (AvgIpc) is 2.15. The molecule has 3 heteroatoms. The molecule has 1 atom stereocenters. The van der Waals surface area contributed by atoms with Crippen molar-refractivity contribution in [1.29, 1.82) is 0 Å². The first-order valence-corrected chi connectivity index (χ1v) is 4.41. The highest BCUT2D eigenvalue weighted by molar-refractivity contribution is 5.44. The molecule has 0 fully saturated rings. The molecule has 13 heavy (non-hydrogen) atoms. The third-order valence-electron chi connectivity index (χ3n) is 1.76. The maximum atomic E-state index is 8.81. The third-order valence-corrected chi connectivity index (χ3v) is 1.76. The average molecular weight is 180 g/mol. The SMILES string of the molecule is CC(N)CNc1ccc(CO)cc1. The van der Waals surface area contributed by atoms with Crippen molar-refractivity contribution in [3.63, 3.8) is 0 Å². The van der Waals surface area contributed by atoms with Gasteiger partial charge >= 0.3 is 0 Å². The Balaban J connectivity index is 2.49. The van der Waals surface area contributed by atoms with Crippen LogP contribution in [0.2, 0.25) is 0 Å². The van der Waals surface area contributed by atoms with Crippen LogP contribution in [-0.2, 0) is 6.61 Å². The molecule has 4 N–H and O–H groups in total. The van der Waals surface area contributed by atoms with Gasteiger partial charge in [0.15, 0.2) is 0 Å². The van der Waals surface area contributed by atoms with Gasteiger partial charge in [-0.2, -0.15) is 0 Å². The molecule has 0 aliphatic carbocycles. The van der Waals surface area contributed by atoms with E-state index in [0.717, 1.165) is 17.8 Å². The van der Waals surface area contributed by atoms with Crippen LogP contribution >= 0.6 is 0 Å². The van der Waals surface area contributed by atoms with E-state index in [0.29, 0.717) is 0 Å². The number of hydrogen-bond donors (Lipinski definition) is 3. The molecule has 0 saturated carbocycles. The zero-order chi connectivity index (χ0) is 9.68. The zero-order valence-electron chi connectivity index (χ0n) is 7.83. The summed E-state index contributed by atoms with van der Waals surface area (Å²) < 4.78 is 0. The Kier molecular flexibility index (Phi) is 3.73. The van der Waals surface area contributed by atoms with E-state index in [9.17, 15) is 0 Å². The highest BCUT2D eigenvalue weighted by atomic mass is 16.3. The zero-order valence-corrected chi connectivity index (χ0v) is 7.83. The quantitative estimate of drug-likeness (QED) is 0.646. The highest BCUT2D eigenvalue weighted by Crippen LogP contribution is 2.08. The summed E-state index contributed by atoms with van der Waals surface area (Å²) in [6.45, 7) is 2.81. The van der Waals surface area contributed by atoms with E-state index in [2.05, 4.69) is 5.32 Å². The van der Waals surface area contributed by atoms with Gasteiger partial charge in [-0.25, -0.2) is 0 Å². The van der Waals surface area contributed by atoms with E-state index in [4.69, 9.17) is 10.8 Å². The molecule has 3 nitrogen and oxygen atoms in total. The Morgan fingerprint density at radius 1 is 1.38 bits per heavy atom. The minimum Gasteiger partial charge on any atom is -0.392 e. The smallest absolute Gasteiger partial charge is 0.0681 e. The molecule has 0 spiro atoms. The first-order chi connectivity index (χ1) is 6.22. The van der Waals surface area contributed by atoms with Gasteiger partial charge in [0.05, 0.1) is 6.61 Å². The van der Waals surface area contributed by atoms with Crippen molar-refractivity contribution in [2.75, 3.05) is 11.9 Å². The molecule has 0 aliphatic heterocycles. The fraction of sp³-hybridized carbons (Fsp3) is 0.400. The number of nitrogens with two attached hydrogens (primary N) is 1. The lowest BCUT2D eigenvalue weighted by atomic mass is 10.2. The first kappa shape index (κ1) is 10.0. The minimum atomic E-state index is 0.0908. The topological polar surface area (TPSA) is 58.3 Å². The highest BCUT2D eigenvalue weighted by Gasteiger charge is 1.94. The Morgan fingerprint density at radius 3 is 2.46 bits per heavy atom. The number of aliphatic hydroxyl groups is 1. The second-order valence-corrected chi connectivity index (χ2v) is 3.21. The predicted molar refractivity (Wildman–Crippen MR) is 54.5 cm³/mol. The first-order valence-electron chi connectivity index (χ1n) is 4.41. The molecule has 1 aromatic rings. The number of aliphatic hydroxyl groups excluding tert-OH is 1. The van der Waals surface area contributed by atoms with Crippen molar-refractivity contribution in [1.82, 2.24) is 0 Å². The van der Waals surface area contributed by atoms with Crippen molar-refractivity contribution in [2.45, 2.75) is 19.6 Å². The lowest BCUT2D eigenvalue weighted by Gasteiger charge is -2.08. The van der Waals surface area contributed by atoms with Gasteiger partial charge in [-0.1, -0.05) is 12.1 Å². The third kappa shape index (κ3) is 3.44. The molecular weight excluding hydrogens is 164 g/mol. The molecular formula is C10H16N2O. The maximum Gasteiger partial charge on any atom is 0.0681 e. The number of benzene rings is 1. The summed E-state index contributed by atoms with van der Waals surface area (Å²) in [5.41, 5.74) is 7.55. The van der Waals surface area contributed by atoms with E-state index in [1.165, 1.54) is 0 Å². The number of rotatable bonds is 4. The Morgan fingerprint density at radius 2 is 2.00 bits per heavy atom. The van der Waals surface area contributed by atoms with Crippen LogP contribution < -0.4 is 11.1 Å². The Bertz CT molecular complexity index is 244. The van der Waals surface area contributed by atoms with Crippen LogP contribution in [0.5, 0.6) is 0 Å². The molecule has 0 aliphatic rings. The van der Waals surface area contributed by atoms with Gasteiger partial charge in [0.2, 0.25) is 0 Å². The van der Waals surface area contributed by atoms with Crippen LogP contribution in [0.1, 0.15) is 12.5 Å². The monoisotopic (exact) mass is 180 g/mol. The predicted octanol–water partition coefficient (Wildman–Crippen LogP) is 0.938. The van der Waals surface area contributed by atoms with Gasteiger partial charge in [0, 0.05) is 18.3 Å². The molecule has 0 amide bonds. The van der Waals surface area contributed by atoms with Gasteiger partial charge in [-0.05, 0) is 24.6 Å². The molecule has 0 bridgehead atoms. The van der Waals surface area contributed by atoms with Gasteiger partial charge in [0.25, 0.3) is 0 Å². The van der Waals surface area contributed by atoms with Crippen molar-refractivity contribution >= 4 is 5.69 Å². The summed E-state index contributed by atoms with van der Waals surface area (Å²) in [5, 5.41) is 12.0. The fourth-order valence-electron chi connectivity index (χ4n) is 1.01. The van der Waals surface area contributed by atoms with Gasteiger partial charge in [-0.3, -0.25) is 0 Å². The van der Waals surface area contributed by atoms with Crippen molar-refractivity contribution in [2.24, 2.45) is 5.73 Å². The number of anilines is 1. The van der Waals surface area contributed by atoms with Gasteiger partial charge in [-0.15, -0.1) is 0 Å². The van der Waals surface area contributed by atoms with E-state index in [1.54, 1.807) is 0 Å². The van der Waals surface area contributed by atoms with Crippen molar-refractivity contribution < 1.29 is 5.11 Å². The van der Waals surface area contributed by atoms with E-state index in [-0.39, 0.29) is 12.6 Å². The summed E-state index contributed by atoms with van der Waals surface area (Å²) in [6.07, 6.45) is 0. The molecule has 0 aromatic heterocycles. The second-order valence-electron chi connectivity index (χ2n) is 3.21. The van der Waals surface area contributed by atoms with Crippen LogP contribution in [0.4, 0.5) is 5.69 Å². The normalized spacial score (nSPS) is 12.5. The Labute approximate surface area is 78.6 Å². The van der Waals surface area contributed by atoms with Gasteiger partial charge in [0.1, 0.15) is 0 Å². The summed E-state index contributed by atoms with van der Waals surface area (Å²) in [5.74, 6) is 0. The molecule has 0 radical (unpaired) electrons. The summed E-state index contributed by atoms with van der Waals surface area (Å²) in [7, 11) is 0. The second kappa shape index (κ2) is 4.84. The summed E-state index contributed by atoms with van der Waals surface area (Å²) in [6, 6.07) is 7.81. The lowest BCUT2D eigenvalue weighted by molar-refractivity contribution is 0.282. The number of nitrogens with one attached hydrogen (secondary N) is 1. The van der Waals surface area contributed by atoms with E-state index >= 15 is 0 Å².